The molecule has 0 bridgehead atoms. The summed E-state index contributed by atoms with van der Waals surface area (Å²) in [6.07, 6.45) is 5.81. The van der Waals surface area contributed by atoms with Crippen molar-refractivity contribution in [1.82, 2.24) is 4.98 Å². The summed E-state index contributed by atoms with van der Waals surface area (Å²) < 4.78 is 28.3. The van der Waals surface area contributed by atoms with E-state index in [9.17, 15) is 8.78 Å². The Morgan fingerprint density at radius 3 is 2.37 bits per heavy atom. The maximum absolute atomic E-state index is 14.5. The molecule has 3 aromatic rings. The Kier molecular flexibility index (Phi) is 5.93. The fourth-order valence-corrected chi connectivity index (χ4v) is 3.02. The van der Waals surface area contributed by atoms with Crippen molar-refractivity contribution in [2.75, 3.05) is 0 Å². The molecule has 136 valence electrons. The molecule has 0 unspecified atom stereocenters. The summed E-state index contributed by atoms with van der Waals surface area (Å²) in [5.74, 6) is -0.839. The minimum absolute atomic E-state index is 0.00327. The molecule has 1 aromatic heterocycles. The topological polar surface area (TPSA) is 36.7 Å². The molecule has 0 N–H and O–H groups in total. The number of pyridine rings is 1. The van der Waals surface area contributed by atoms with E-state index < -0.39 is 5.82 Å². The molecular formula is C23H20F2N2. The Labute approximate surface area is 158 Å². The molecule has 0 amide bonds. The lowest BCUT2D eigenvalue weighted by Crippen LogP contribution is -1.92. The summed E-state index contributed by atoms with van der Waals surface area (Å²) >= 11 is 0. The number of nitrogens with zero attached hydrogens (tertiary/aromatic N) is 2. The largest absolute Gasteiger partial charge is 0.256 e. The third kappa shape index (κ3) is 4.38. The van der Waals surface area contributed by atoms with Gasteiger partial charge >= 0.3 is 0 Å². The van der Waals surface area contributed by atoms with E-state index in [4.69, 9.17) is 5.26 Å². The summed E-state index contributed by atoms with van der Waals surface area (Å²) in [4.78, 5) is 4.33. The number of unbranched alkanes of at least 4 members (excludes halogenated alkanes) is 2. The third-order valence-electron chi connectivity index (χ3n) is 4.56. The number of hydrogen-bond donors (Lipinski definition) is 0. The van der Waals surface area contributed by atoms with Gasteiger partial charge in [-0.25, -0.2) is 8.78 Å². The van der Waals surface area contributed by atoms with Crippen LogP contribution in [0, 0.1) is 23.0 Å². The molecule has 0 aliphatic rings. The second kappa shape index (κ2) is 8.55. The maximum atomic E-state index is 14.5. The van der Waals surface area contributed by atoms with Gasteiger partial charge in [0.2, 0.25) is 0 Å². The van der Waals surface area contributed by atoms with Gasteiger partial charge in [-0.15, -0.1) is 0 Å². The van der Waals surface area contributed by atoms with Gasteiger partial charge in [0.05, 0.1) is 11.3 Å². The lowest BCUT2D eigenvalue weighted by molar-refractivity contribution is 0.624. The molecular weight excluding hydrogens is 342 g/mol. The molecule has 2 aromatic carbocycles. The van der Waals surface area contributed by atoms with Gasteiger partial charge in [0.15, 0.2) is 0 Å². The summed E-state index contributed by atoms with van der Waals surface area (Å²) in [7, 11) is 0. The van der Waals surface area contributed by atoms with Crippen LogP contribution in [0.5, 0.6) is 0 Å². The van der Waals surface area contributed by atoms with Gasteiger partial charge in [0.1, 0.15) is 17.7 Å². The number of aromatic nitrogens is 1. The predicted octanol–water partition coefficient (Wildman–Crippen LogP) is 6.30. The Bertz CT molecular complexity index is 973. The zero-order valence-electron chi connectivity index (χ0n) is 15.2. The molecule has 4 heteroatoms. The lowest BCUT2D eigenvalue weighted by atomic mass is 10.0. The number of aryl methyl sites for hydroxylation is 1. The van der Waals surface area contributed by atoms with Crippen LogP contribution >= 0.6 is 0 Å². The molecule has 0 radical (unpaired) electrons. The van der Waals surface area contributed by atoms with Gasteiger partial charge < -0.3 is 0 Å². The number of benzene rings is 2. The smallest absolute Gasteiger partial charge is 0.141 e. The maximum Gasteiger partial charge on any atom is 0.141 e. The first-order chi connectivity index (χ1) is 13.1. The SMILES string of the molecule is CCCCCc1ccc(-c2ccc(-c3ccc(C#N)c(F)c3)nc2)c(F)c1. The molecule has 0 aliphatic heterocycles. The van der Waals surface area contributed by atoms with Crippen molar-refractivity contribution in [2.24, 2.45) is 0 Å². The quantitative estimate of drug-likeness (QED) is 0.483. The molecule has 3 rings (SSSR count). The number of nitriles is 1. The van der Waals surface area contributed by atoms with Crippen molar-refractivity contribution < 1.29 is 8.78 Å². The van der Waals surface area contributed by atoms with Crippen molar-refractivity contribution in [3.63, 3.8) is 0 Å². The van der Waals surface area contributed by atoms with Crippen molar-refractivity contribution in [3.8, 4) is 28.5 Å². The molecule has 0 saturated heterocycles. The van der Waals surface area contributed by atoms with Crippen LogP contribution in [0.2, 0.25) is 0 Å². The molecule has 0 spiro atoms. The zero-order chi connectivity index (χ0) is 19.2. The summed E-state index contributed by atoms with van der Waals surface area (Å²) in [6.45, 7) is 2.15. The average molecular weight is 362 g/mol. The van der Waals surface area contributed by atoms with Crippen molar-refractivity contribution in [2.45, 2.75) is 32.6 Å². The molecule has 2 nitrogen and oxygen atoms in total. The van der Waals surface area contributed by atoms with Gasteiger partial charge in [0, 0.05) is 22.9 Å². The highest BCUT2D eigenvalue weighted by molar-refractivity contribution is 5.68. The van der Waals surface area contributed by atoms with E-state index >= 15 is 0 Å². The number of hydrogen-bond acceptors (Lipinski definition) is 2. The molecule has 0 saturated carbocycles. The predicted molar refractivity (Wildman–Crippen MR) is 103 cm³/mol. The van der Waals surface area contributed by atoms with E-state index in [0.717, 1.165) is 31.2 Å². The monoisotopic (exact) mass is 362 g/mol. The van der Waals surface area contributed by atoms with Crippen molar-refractivity contribution in [3.05, 3.63) is 77.5 Å². The van der Waals surface area contributed by atoms with Crippen LogP contribution in [-0.4, -0.2) is 4.98 Å². The Morgan fingerprint density at radius 2 is 1.74 bits per heavy atom. The normalized spacial score (nSPS) is 10.6. The summed E-state index contributed by atoms with van der Waals surface area (Å²) in [5.41, 5.74) is 3.31. The van der Waals surface area contributed by atoms with Crippen molar-refractivity contribution in [1.29, 1.82) is 5.26 Å². The highest BCUT2D eigenvalue weighted by Gasteiger charge is 2.09. The van der Waals surface area contributed by atoms with Gasteiger partial charge in [-0.1, -0.05) is 44.0 Å². The first-order valence-electron chi connectivity index (χ1n) is 9.07. The van der Waals surface area contributed by atoms with E-state index in [2.05, 4.69) is 11.9 Å². The fourth-order valence-electron chi connectivity index (χ4n) is 3.02. The minimum atomic E-state index is -0.578. The second-order valence-corrected chi connectivity index (χ2v) is 6.51. The first kappa shape index (κ1) is 18.7. The Morgan fingerprint density at radius 1 is 0.926 bits per heavy atom. The Balaban J connectivity index is 1.81. The van der Waals surface area contributed by atoms with Gasteiger partial charge in [0.25, 0.3) is 0 Å². The third-order valence-corrected chi connectivity index (χ3v) is 4.56. The first-order valence-corrected chi connectivity index (χ1v) is 9.07. The molecule has 27 heavy (non-hydrogen) atoms. The average Bonchev–Trinajstić information content (AvgIpc) is 2.68. The van der Waals surface area contributed by atoms with Crippen LogP contribution < -0.4 is 0 Å². The van der Waals surface area contributed by atoms with Crippen LogP contribution in [-0.2, 0) is 6.42 Å². The zero-order valence-corrected chi connectivity index (χ0v) is 15.2. The van der Waals surface area contributed by atoms with Gasteiger partial charge in [-0.05, 0) is 42.7 Å². The highest BCUT2D eigenvalue weighted by atomic mass is 19.1. The standard InChI is InChI=1S/C23H20F2N2/c1-2-3-4-5-16-6-10-20(22(25)12-16)19-9-11-23(27-15-19)17-7-8-18(14-26)21(24)13-17/h6-13,15H,2-5H2,1H3. The van der Waals surface area contributed by atoms with E-state index in [-0.39, 0.29) is 11.4 Å². The summed E-state index contributed by atoms with van der Waals surface area (Å²) in [6, 6.07) is 15.0. The van der Waals surface area contributed by atoms with Crippen LogP contribution in [0.3, 0.4) is 0 Å². The van der Waals surface area contributed by atoms with Crippen LogP contribution in [0.4, 0.5) is 8.78 Å². The number of halogens is 2. The van der Waals surface area contributed by atoms with Gasteiger partial charge in [-0.2, -0.15) is 5.26 Å². The fraction of sp³-hybridized carbons (Fsp3) is 0.217. The van der Waals surface area contributed by atoms with Crippen LogP contribution in [0.15, 0.2) is 54.7 Å². The van der Waals surface area contributed by atoms with Gasteiger partial charge in [-0.3, -0.25) is 4.98 Å². The van der Waals surface area contributed by atoms with E-state index in [1.807, 2.05) is 6.07 Å². The number of rotatable bonds is 6. The molecule has 0 atom stereocenters. The Hall–Kier alpha value is -3.06. The van der Waals surface area contributed by atoms with Crippen LogP contribution in [0.1, 0.15) is 37.3 Å². The van der Waals surface area contributed by atoms with E-state index in [1.54, 1.807) is 42.6 Å². The van der Waals surface area contributed by atoms with E-state index in [0.29, 0.717) is 22.4 Å². The summed E-state index contributed by atoms with van der Waals surface area (Å²) in [5, 5.41) is 8.81. The molecule has 0 fully saturated rings. The van der Waals surface area contributed by atoms with E-state index in [1.165, 1.54) is 12.1 Å². The van der Waals surface area contributed by atoms with Crippen molar-refractivity contribution >= 4 is 0 Å². The van der Waals surface area contributed by atoms with Crippen LogP contribution in [0.25, 0.3) is 22.4 Å². The highest BCUT2D eigenvalue weighted by Crippen LogP contribution is 2.26. The molecule has 1 heterocycles. The second-order valence-electron chi connectivity index (χ2n) is 6.51. The molecule has 0 aliphatic carbocycles. The minimum Gasteiger partial charge on any atom is -0.256 e. The lowest BCUT2D eigenvalue weighted by Gasteiger charge is -2.08.